The van der Waals surface area contributed by atoms with Crippen LogP contribution in [0.4, 0.5) is 5.69 Å². The minimum Gasteiger partial charge on any atom is -0.384 e. The van der Waals surface area contributed by atoms with Crippen LogP contribution in [0.15, 0.2) is 66.7 Å². The molecule has 0 aliphatic carbocycles. The molecule has 0 spiro atoms. The van der Waals surface area contributed by atoms with Gasteiger partial charge in [0.2, 0.25) is 0 Å². The van der Waals surface area contributed by atoms with E-state index in [9.17, 15) is 0 Å². The van der Waals surface area contributed by atoms with Gasteiger partial charge in [-0.3, -0.25) is 0 Å². The lowest BCUT2D eigenvalue weighted by Crippen LogP contribution is -2.20. The number of aromatic nitrogens is 1. The van der Waals surface area contributed by atoms with Crippen LogP contribution < -0.4 is 10.6 Å². The number of benzene rings is 3. The third kappa shape index (κ3) is 6.15. The molecular formula is C24H25Cl4N3. The van der Waals surface area contributed by atoms with E-state index in [0.29, 0.717) is 10.9 Å². The molecule has 7 heteroatoms. The number of alkyl halides is 1. The first-order valence-electron chi connectivity index (χ1n) is 9.85. The van der Waals surface area contributed by atoms with Crippen molar-refractivity contribution >= 4 is 75.5 Å². The molecule has 1 aromatic heterocycles. The Hall–Kier alpha value is -1.75. The highest BCUT2D eigenvalue weighted by molar-refractivity contribution is 6.31. The zero-order valence-corrected chi connectivity index (χ0v) is 20.1. The molecule has 164 valence electrons. The van der Waals surface area contributed by atoms with Crippen LogP contribution in [-0.4, -0.2) is 30.5 Å². The standard InChI is InChI=1S/C24H23Cl2N3.2ClH/c25-11-14-27-12-4-13-28-24-20-9-8-19(26)16-23(20)29-22-10-7-18(15-21(22)24)17-5-2-1-3-6-17;;/h1-3,5-10,15-16,27H,4,11-14H2,(H,28,29);2*1H. The second kappa shape index (κ2) is 12.3. The van der Waals surface area contributed by atoms with Crippen molar-refractivity contribution in [1.82, 2.24) is 10.3 Å². The Labute approximate surface area is 205 Å². The fourth-order valence-electron chi connectivity index (χ4n) is 3.54. The molecule has 0 bridgehead atoms. The molecule has 2 N–H and O–H groups in total. The molecule has 0 saturated heterocycles. The molecule has 0 radical (unpaired) electrons. The van der Waals surface area contributed by atoms with Crippen molar-refractivity contribution in [2.45, 2.75) is 6.42 Å². The third-order valence-electron chi connectivity index (χ3n) is 4.95. The van der Waals surface area contributed by atoms with Gasteiger partial charge in [0.15, 0.2) is 0 Å². The Balaban J connectivity index is 0.00000171. The van der Waals surface area contributed by atoms with E-state index in [1.165, 1.54) is 11.1 Å². The van der Waals surface area contributed by atoms with E-state index in [1.807, 2.05) is 24.3 Å². The highest BCUT2D eigenvalue weighted by Gasteiger charge is 2.11. The normalized spacial score (nSPS) is 10.5. The number of halogens is 4. The van der Waals surface area contributed by atoms with Crippen LogP contribution in [0, 0.1) is 0 Å². The van der Waals surface area contributed by atoms with E-state index < -0.39 is 0 Å². The maximum Gasteiger partial charge on any atom is 0.0745 e. The molecule has 0 aliphatic rings. The molecule has 4 rings (SSSR count). The average Bonchev–Trinajstić information content (AvgIpc) is 2.75. The Morgan fingerprint density at radius 3 is 2.32 bits per heavy atom. The van der Waals surface area contributed by atoms with Crippen molar-refractivity contribution < 1.29 is 0 Å². The predicted octanol–water partition coefficient (Wildman–Crippen LogP) is 7.18. The molecule has 0 saturated carbocycles. The van der Waals surface area contributed by atoms with E-state index in [0.717, 1.165) is 53.5 Å². The molecule has 0 aliphatic heterocycles. The van der Waals surface area contributed by atoms with E-state index >= 15 is 0 Å². The van der Waals surface area contributed by atoms with Crippen LogP contribution in [0.2, 0.25) is 5.02 Å². The summed E-state index contributed by atoms with van der Waals surface area (Å²) in [5.41, 5.74) is 5.35. The van der Waals surface area contributed by atoms with Gasteiger partial charge in [0.05, 0.1) is 16.7 Å². The number of fused-ring (bicyclic) bond motifs is 2. The maximum atomic E-state index is 6.22. The number of hydrogen-bond donors (Lipinski definition) is 2. The number of rotatable bonds is 8. The summed E-state index contributed by atoms with van der Waals surface area (Å²) < 4.78 is 0. The van der Waals surface area contributed by atoms with Gasteiger partial charge in [0.1, 0.15) is 0 Å². The van der Waals surface area contributed by atoms with Gasteiger partial charge >= 0.3 is 0 Å². The van der Waals surface area contributed by atoms with Crippen molar-refractivity contribution in [3.63, 3.8) is 0 Å². The Kier molecular flexibility index (Phi) is 10.1. The smallest absolute Gasteiger partial charge is 0.0745 e. The van der Waals surface area contributed by atoms with Gasteiger partial charge in [-0.15, -0.1) is 36.4 Å². The zero-order valence-electron chi connectivity index (χ0n) is 16.9. The van der Waals surface area contributed by atoms with Gasteiger partial charge in [-0.05, 0) is 54.4 Å². The van der Waals surface area contributed by atoms with Crippen molar-refractivity contribution in [3.05, 3.63) is 71.8 Å². The third-order valence-corrected chi connectivity index (χ3v) is 5.37. The summed E-state index contributed by atoms with van der Waals surface area (Å²) in [5, 5.41) is 9.88. The summed E-state index contributed by atoms with van der Waals surface area (Å²) in [6, 6.07) is 22.8. The van der Waals surface area contributed by atoms with E-state index in [-0.39, 0.29) is 24.8 Å². The van der Waals surface area contributed by atoms with Crippen molar-refractivity contribution in [2.75, 3.05) is 30.8 Å². The second-order valence-corrected chi connectivity index (χ2v) is 7.78. The average molecular weight is 497 g/mol. The lowest BCUT2D eigenvalue weighted by molar-refractivity contribution is 0.691. The van der Waals surface area contributed by atoms with Crippen LogP contribution in [0.1, 0.15) is 6.42 Å². The van der Waals surface area contributed by atoms with Crippen LogP contribution in [0.5, 0.6) is 0 Å². The first kappa shape index (κ1) is 25.5. The Bertz CT molecular complexity index is 1120. The lowest BCUT2D eigenvalue weighted by Gasteiger charge is -2.15. The second-order valence-electron chi connectivity index (χ2n) is 6.97. The van der Waals surface area contributed by atoms with Crippen LogP contribution in [0.25, 0.3) is 32.9 Å². The van der Waals surface area contributed by atoms with Gasteiger partial charge in [0.25, 0.3) is 0 Å². The molecule has 0 atom stereocenters. The Morgan fingerprint density at radius 1 is 0.742 bits per heavy atom. The monoisotopic (exact) mass is 495 g/mol. The predicted molar refractivity (Wildman–Crippen MR) is 141 cm³/mol. The quantitative estimate of drug-likeness (QED) is 0.154. The number of anilines is 1. The molecule has 4 aromatic rings. The maximum absolute atomic E-state index is 6.22. The molecule has 3 nitrogen and oxygen atoms in total. The minimum atomic E-state index is 0. The fraction of sp³-hybridized carbons (Fsp3) is 0.208. The van der Waals surface area contributed by atoms with E-state index in [2.05, 4.69) is 53.1 Å². The highest BCUT2D eigenvalue weighted by Crippen LogP contribution is 2.34. The van der Waals surface area contributed by atoms with Gasteiger partial charge in [-0.1, -0.05) is 48.0 Å². The van der Waals surface area contributed by atoms with Gasteiger partial charge in [0, 0.05) is 34.8 Å². The summed E-state index contributed by atoms with van der Waals surface area (Å²) in [5.74, 6) is 0.635. The molecule has 1 heterocycles. The summed E-state index contributed by atoms with van der Waals surface area (Å²) in [6.07, 6.45) is 1.01. The first-order chi connectivity index (χ1) is 14.3. The van der Waals surface area contributed by atoms with Crippen LogP contribution in [-0.2, 0) is 0 Å². The van der Waals surface area contributed by atoms with Crippen molar-refractivity contribution in [2.24, 2.45) is 0 Å². The molecule has 0 fully saturated rings. The van der Waals surface area contributed by atoms with E-state index in [4.69, 9.17) is 28.2 Å². The summed E-state index contributed by atoms with van der Waals surface area (Å²) in [7, 11) is 0. The zero-order chi connectivity index (χ0) is 20.1. The number of nitrogens with zero attached hydrogens (tertiary/aromatic N) is 1. The fourth-order valence-corrected chi connectivity index (χ4v) is 3.84. The molecular weight excluding hydrogens is 472 g/mol. The number of pyridine rings is 1. The highest BCUT2D eigenvalue weighted by atomic mass is 35.5. The van der Waals surface area contributed by atoms with Crippen LogP contribution in [0.3, 0.4) is 0 Å². The van der Waals surface area contributed by atoms with Crippen molar-refractivity contribution in [3.8, 4) is 11.1 Å². The molecule has 0 amide bonds. The molecule has 31 heavy (non-hydrogen) atoms. The summed E-state index contributed by atoms with van der Waals surface area (Å²) in [4.78, 5) is 4.85. The topological polar surface area (TPSA) is 37.0 Å². The molecule has 0 unspecified atom stereocenters. The van der Waals surface area contributed by atoms with Crippen LogP contribution >= 0.6 is 48.0 Å². The minimum absolute atomic E-state index is 0. The number of hydrogen-bond acceptors (Lipinski definition) is 3. The first-order valence-corrected chi connectivity index (χ1v) is 10.8. The number of nitrogens with one attached hydrogen (secondary N) is 2. The van der Waals surface area contributed by atoms with Gasteiger partial charge in [-0.2, -0.15) is 0 Å². The summed E-state index contributed by atoms with van der Waals surface area (Å²) in [6.45, 7) is 2.63. The largest absolute Gasteiger partial charge is 0.384 e. The summed E-state index contributed by atoms with van der Waals surface area (Å²) >= 11 is 11.9. The Morgan fingerprint density at radius 2 is 1.55 bits per heavy atom. The van der Waals surface area contributed by atoms with Gasteiger partial charge < -0.3 is 10.6 Å². The van der Waals surface area contributed by atoms with E-state index in [1.54, 1.807) is 0 Å². The van der Waals surface area contributed by atoms with Gasteiger partial charge in [-0.25, -0.2) is 4.98 Å². The molecule has 3 aromatic carbocycles. The van der Waals surface area contributed by atoms with Crippen molar-refractivity contribution in [1.29, 1.82) is 0 Å². The lowest BCUT2D eigenvalue weighted by atomic mass is 10.0. The SMILES string of the molecule is Cl.Cl.ClCCNCCCNc1c2ccc(Cl)cc2nc2ccc(-c3ccccc3)cc12.